The third-order valence-corrected chi connectivity index (χ3v) is 6.61. The smallest absolute Gasteiger partial charge is 0.155 e. The number of aromatic nitrogens is 4. The number of imidazole rings is 1. The Morgan fingerprint density at radius 3 is 2.54 bits per heavy atom. The minimum atomic E-state index is 0.737. The van der Waals surface area contributed by atoms with E-state index < -0.39 is 0 Å². The molecule has 0 aliphatic carbocycles. The first-order chi connectivity index (χ1) is 13.9. The van der Waals surface area contributed by atoms with Crippen LogP contribution in [0.2, 0.25) is 0 Å². The van der Waals surface area contributed by atoms with Gasteiger partial charge in [0.1, 0.15) is 11.5 Å². The van der Waals surface area contributed by atoms with E-state index in [2.05, 4.69) is 44.2 Å². The Labute approximate surface area is 166 Å². The summed E-state index contributed by atoms with van der Waals surface area (Å²) in [7, 11) is 0. The molecule has 2 atom stereocenters. The van der Waals surface area contributed by atoms with Gasteiger partial charge in [-0.3, -0.25) is 4.98 Å². The zero-order valence-corrected chi connectivity index (χ0v) is 16.1. The first-order valence-electron chi connectivity index (χ1n) is 9.65. The van der Waals surface area contributed by atoms with Crippen molar-refractivity contribution < 1.29 is 0 Å². The molecule has 140 valence electrons. The van der Waals surface area contributed by atoms with Crippen molar-refractivity contribution in [2.75, 3.05) is 31.1 Å². The molecule has 7 heteroatoms. The van der Waals surface area contributed by atoms with E-state index in [1.165, 1.54) is 0 Å². The van der Waals surface area contributed by atoms with Crippen LogP contribution in [0.25, 0.3) is 28.2 Å². The lowest BCUT2D eigenvalue weighted by molar-refractivity contribution is 0.533. The maximum Gasteiger partial charge on any atom is 0.155 e. The summed E-state index contributed by atoms with van der Waals surface area (Å²) in [6.45, 7) is 4.40. The number of fused-ring (bicyclic) bond motifs is 2. The molecule has 0 saturated carbocycles. The summed E-state index contributed by atoms with van der Waals surface area (Å²) in [5.41, 5.74) is 5.08. The zero-order valence-electron chi connectivity index (χ0n) is 15.3. The Kier molecular flexibility index (Phi) is 3.70. The number of nitrogens with zero attached hydrogens (tertiary/aromatic N) is 5. The Morgan fingerprint density at radius 1 is 0.964 bits per heavy atom. The van der Waals surface area contributed by atoms with Crippen molar-refractivity contribution >= 4 is 22.8 Å². The molecule has 2 aliphatic heterocycles. The number of nitrogens with one attached hydrogen (secondary N) is 1. The lowest BCUT2D eigenvalue weighted by atomic mass is 10.0. The molecule has 4 aromatic heterocycles. The number of thiophene rings is 1. The number of hydrogen-bond acceptors (Lipinski definition) is 6. The second-order valence-electron chi connectivity index (χ2n) is 7.60. The van der Waals surface area contributed by atoms with E-state index in [0.717, 1.165) is 72.0 Å². The van der Waals surface area contributed by atoms with Crippen LogP contribution in [0.5, 0.6) is 0 Å². The molecule has 6 nitrogen and oxygen atoms in total. The molecule has 4 aromatic rings. The molecule has 2 aliphatic rings. The van der Waals surface area contributed by atoms with Gasteiger partial charge in [-0.2, -0.15) is 11.3 Å². The van der Waals surface area contributed by atoms with Crippen molar-refractivity contribution in [3.8, 4) is 22.5 Å². The van der Waals surface area contributed by atoms with Crippen LogP contribution < -0.4 is 10.2 Å². The Morgan fingerprint density at radius 2 is 1.79 bits per heavy atom. The predicted octanol–water partition coefficient (Wildman–Crippen LogP) is 3.18. The second-order valence-corrected chi connectivity index (χ2v) is 8.38. The van der Waals surface area contributed by atoms with Crippen LogP contribution in [0.4, 0.5) is 5.82 Å². The molecule has 0 spiro atoms. The van der Waals surface area contributed by atoms with Crippen molar-refractivity contribution in [1.82, 2.24) is 24.9 Å². The van der Waals surface area contributed by atoms with Gasteiger partial charge in [0.05, 0.1) is 5.69 Å². The molecule has 2 fully saturated rings. The first kappa shape index (κ1) is 16.2. The molecule has 0 amide bonds. The van der Waals surface area contributed by atoms with E-state index >= 15 is 0 Å². The maximum atomic E-state index is 5.03. The third kappa shape index (κ3) is 2.54. The minimum Gasteiger partial charge on any atom is -0.355 e. The summed E-state index contributed by atoms with van der Waals surface area (Å²) in [6, 6.07) is 10.4. The molecular weight excluding hydrogens is 368 g/mol. The number of hydrogen-bond donors (Lipinski definition) is 1. The lowest BCUT2D eigenvalue weighted by Crippen LogP contribution is -2.26. The summed E-state index contributed by atoms with van der Waals surface area (Å²) in [5, 5.41) is 12.8. The SMILES string of the molecule is c1cc(-c2c(-c3ccsc3)nc3ccc(N4C[C@H]5CNC[C@H]5C4)nn23)ccn1. The van der Waals surface area contributed by atoms with Gasteiger partial charge < -0.3 is 10.2 Å². The van der Waals surface area contributed by atoms with Crippen LogP contribution in [0.3, 0.4) is 0 Å². The quantitative estimate of drug-likeness (QED) is 0.584. The molecule has 0 aromatic carbocycles. The first-order valence-corrected chi connectivity index (χ1v) is 10.6. The van der Waals surface area contributed by atoms with Crippen LogP contribution in [0.15, 0.2) is 53.5 Å². The van der Waals surface area contributed by atoms with E-state index in [1.807, 2.05) is 29.0 Å². The van der Waals surface area contributed by atoms with Crippen molar-refractivity contribution in [2.24, 2.45) is 11.8 Å². The highest BCUT2D eigenvalue weighted by Crippen LogP contribution is 2.35. The Balaban J connectivity index is 1.50. The average molecular weight is 389 g/mol. The van der Waals surface area contributed by atoms with Crippen LogP contribution in [-0.2, 0) is 0 Å². The summed E-state index contributed by atoms with van der Waals surface area (Å²) in [4.78, 5) is 11.5. The Hall–Kier alpha value is -2.77. The van der Waals surface area contributed by atoms with Gasteiger partial charge >= 0.3 is 0 Å². The molecule has 6 rings (SSSR count). The van der Waals surface area contributed by atoms with Gasteiger partial charge in [-0.05, 0) is 47.5 Å². The van der Waals surface area contributed by atoms with Gasteiger partial charge in [-0.25, -0.2) is 9.50 Å². The standard InChI is InChI=1S/C21H20N6S/c1-2-19(26-11-16-9-23-10-17(16)12-26)25-27-18(1)24-20(15-5-8-28-13-15)21(27)14-3-6-22-7-4-14/h1-8,13,16-17,23H,9-12H2/t16-,17+. The highest BCUT2D eigenvalue weighted by Gasteiger charge is 2.36. The zero-order chi connectivity index (χ0) is 18.5. The van der Waals surface area contributed by atoms with Crippen molar-refractivity contribution in [1.29, 1.82) is 0 Å². The molecule has 0 radical (unpaired) electrons. The molecule has 1 N–H and O–H groups in total. The van der Waals surface area contributed by atoms with Crippen LogP contribution in [-0.4, -0.2) is 45.8 Å². The topological polar surface area (TPSA) is 58.4 Å². The van der Waals surface area contributed by atoms with E-state index in [9.17, 15) is 0 Å². The van der Waals surface area contributed by atoms with Gasteiger partial charge in [-0.15, -0.1) is 5.10 Å². The van der Waals surface area contributed by atoms with E-state index in [1.54, 1.807) is 11.3 Å². The third-order valence-electron chi connectivity index (χ3n) is 5.93. The predicted molar refractivity (Wildman–Crippen MR) is 112 cm³/mol. The van der Waals surface area contributed by atoms with Crippen molar-refractivity contribution in [3.05, 3.63) is 53.5 Å². The van der Waals surface area contributed by atoms with Crippen LogP contribution in [0.1, 0.15) is 0 Å². The summed E-state index contributed by atoms with van der Waals surface area (Å²) in [6.07, 6.45) is 3.65. The van der Waals surface area contributed by atoms with E-state index in [0.29, 0.717) is 0 Å². The molecule has 2 saturated heterocycles. The summed E-state index contributed by atoms with van der Waals surface area (Å²) in [5.74, 6) is 2.51. The highest BCUT2D eigenvalue weighted by atomic mass is 32.1. The van der Waals surface area contributed by atoms with E-state index in [4.69, 9.17) is 10.1 Å². The van der Waals surface area contributed by atoms with Gasteiger partial charge in [0, 0.05) is 55.1 Å². The van der Waals surface area contributed by atoms with Crippen LogP contribution in [0, 0.1) is 11.8 Å². The van der Waals surface area contributed by atoms with E-state index in [-0.39, 0.29) is 0 Å². The van der Waals surface area contributed by atoms with Gasteiger partial charge in [-0.1, -0.05) is 0 Å². The fourth-order valence-corrected chi connectivity index (χ4v) is 5.14. The molecule has 28 heavy (non-hydrogen) atoms. The number of anilines is 1. The number of pyridine rings is 1. The van der Waals surface area contributed by atoms with Gasteiger partial charge in [0.2, 0.25) is 0 Å². The van der Waals surface area contributed by atoms with Crippen LogP contribution >= 0.6 is 11.3 Å². The fraction of sp³-hybridized carbons (Fsp3) is 0.286. The minimum absolute atomic E-state index is 0.737. The maximum absolute atomic E-state index is 5.03. The molecular formula is C21H20N6S. The fourth-order valence-electron chi connectivity index (χ4n) is 4.50. The van der Waals surface area contributed by atoms with Crippen molar-refractivity contribution in [3.63, 3.8) is 0 Å². The molecule has 6 heterocycles. The van der Waals surface area contributed by atoms with Gasteiger partial charge in [0.15, 0.2) is 5.65 Å². The summed E-state index contributed by atoms with van der Waals surface area (Å²) < 4.78 is 2.00. The molecule has 0 unspecified atom stereocenters. The molecule has 0 bridgehead atoms. The average Bonchev–Trinajstić information content (AvgIpc) is 3.50. The second kappa shape index (κ2) is 6.39. The highest BCUT2D eigenvalue weighted by molar-refractivity contribution is 7.08. The summed E-state index contributed by atoms with van der Waals surface area (Å²) >= 11 is 1.68. The lowest BCUT2D eigenvalue weighted by Gasteiger charge is -2.18. The van der Waals surface area contributed by atoms with Crippen molar-refractivity contribution in [2.45, 2.75) is 0 Å². The Bertz CT molecular complexity index is 1110. The largest absolute Gasteiger partial charge is 0.355 e. The normalized spacial score (nSPS) is 21.5. The monoisotopic (exact) mass is 388 g/mol. The number of rotatable bonds is 3. The van der Waals surface area contributed by atoms with Gasteiger partial charge in [0.25, 0.3) is 0 Å².